The third kappa shape index (κ3) is 4.04. The molecular weight excluding hydrogens is 219 g/mol. The van der Waals surface area contributed by atoms with Crippen LogP contribution in [0.3, 0.4) is 0 Å². The molecule has 16 heavy (non-hydrogen) atoms. The van der Waals surface area contributed by atoms with Crippen molar-refractivity contribution in [2.45, 2.75) is 6.18 Å². The van der Waals surface area contributed by atoms with Crippen molar-refractivity contribution in [3.63, 3.8) is 0 Å². The second-order valence-corrected chi connectivity index (χ2v) is 2.87. The summed E-state index contributed by atoms with van der Waals surface area (Å²) in [6, 6.07) is 6.56. The molecule has 0 spiro atoms. The molecule has 6 heteroatoms. The van der Waals surface area contributed by atoms with E-state index in [-0.39, 0.29) is 5.82 Å². The third-order valence-electron chi connectivity index (χ3n) is 1.60. The van der Waals surface area contributed by atoms with Crippen LogP contribution in [0.25, 0.3) is 0 Å². The number of anilines is 1. The van der Waals surface area contributed by atoms with E-state index in [2.05, 4.69) is 9.97 Å². The fourth-order valence-electron chi connectivity index (χ4n) is 0.888. The standard InChI is InChI=1S/C5H5F3N2.C5H5N/c6-5(7,8)3-1-4(9)10-2-3;1-2-4-6-5-3-1/h1-2,10H,9H2;1-5H. The molecule has 0 aromatic carbocycles. The molecular formula is C10H10F3N3. The van der Waals surface area contributed by atoms with Crippen LogP contribution in [0.15, 0.2) is 42.9 Å². The number of rotatable bonds is 0. The molecule has 3 nitrogen and oxygen atoms in total. The van der Waals surface area contributed by atoms with E-state index in [1.807, 2.05) is 18.2 Å². The van der Waals surface area contributed by atoms with Gasteiger partial charge in [-0.1, -0.05) is 6.07 Å². The summed E-state index contributed by atoms with van der Waals surface area (Å²) < 4.78 is 35.2. The third-order valence-corrected chi connectivity index (χ3v) is 1.60. The lowest BCUT2D eigenvalue weighted by Gasteiger charge is -1.99. The summed E-state index contributed by atoms with van der Waals surface area (Å²) in [6.07, 6.45) is 0.0312. The Morgan fingerprint density at radius 1 is 1.12 bits per heavy atom. The molecule has 0 amide bonds. The lowest BCUT2D eigenvalue weighted by Crippen LogP contribution is -2.02. The molecule has 0 aliphatic rings. The molecule has 0 fully saturated rings. The van der Waals surface area contributed by atoms with Gasteiger partial charge in [-0.3, -0.25) is 4.98 Å². The van der Waals surface area contributed by atoms with Crippen LogP contribution in [0.5, 0.6) is 0 Å². The predicted octanol–water partition coefficient (Wildman–Crippen LogP) is 2.70. The van der Waals surface area contributed by atoms with Gasteiger partial charge in [-0.15, -0.1) is 0 Å². The Morgan fingerprint density at radius 2 is 1.75 bits per heavy atom. The van der Waals surface area contributed by atoms with Gasteiger partial charge in [-0.25, -0.2) is 0 Å². The number of H-pyrrole nitrogens is 1. The molecule has 0 aliphatic carbocycles. The minimum absolute atomic E-state index is 0.0207. The topological polar surface area (TPSA) is 54.7 Å². The van der Waals surface area contributed by atoms with E-state index in [9.17, 15) is 13.2 Å². The Kier molecular flexibility index (Phi) is 3.93. The molecule has 86 valence electrons. The summed E-state index contributed by atoms with van der Waals surface area (Å²) in [5.41, 5.74) is 4.27. The summed E-state index contributed by atoms with van der Waals surface area (Å²) in [4.78, 5) is 6.02. The lowest BCUT2D eigenvalue weighted by atomic mass is 10.3. The fourth-order valence-corrected chi connectivity index (χ4v) is 0.888. The van der Waals surface area contributed by atoms with Crippen molar-refractivity contribution < 1.29 is 13.2 Å². The largest absolute Gasteiger partial charge is 0.417 e. The summed E-state index contributed by atoms with van der Waals surface area (Å²) in [5, 5.41) is 0. The second-order valence-electron chi connectivity index (χ2n) is 2.87. The smallest absolute Gasteiger partial charge is 0.385 e. The highest BCUT2D eigenvalue weighted by Crippen LogP contribution is 2.29. The second kappa shape index (κ2) is 5.20. The molecule has 0 saturated heterocycles. The van der Waals surface area contributed by atoms with Gasteiger partial charge < -0.3 is 10.7 Å². The summed E-state index contributed by atoms with van der Waals surface area (Å²) in [7, 11) is 0. The van der Waals surface area contributed by atoms with Crippen molar-refractivity contribution in [2.24, 2.45) is 0 Å². The summed E-state index contributed by atoms with van der Waals surface area (Å²) in [6.45, 7) is 0. The number of aromatic amines is 1. The van der Waals surface area contributed by atoms with E-state index in [0.717, 1.165) is 12.3 Å². The van der Waals surface area contributed by atoms with Gasteiger partial charge in [0.05, 0.1) is 5.56 Å². The van der Waals surface area contributed by atoms with Gasteiger partial charge in [0.15, 0.2) is 0 Å². The molecule has 2 aromatic heterocycles. The SMILES string of the molecule is Nc1cc(C(F)(F)F)c[nH]1.c1ccncc1. The van der Waals surface area contributed by atoms with Crippen LogP contribution >= 0.6 is 0 Å². The molecule has 0 radical (unpaired) electrons. The highest BCUT2D eigenvalue weighted by molar-refractivity contribution is 5.34. The van der Waals surface area contributed by atoms with Crippen LogP contribution in [0.2, 0.25) is 0 Å². The summed E-state index contributed by atoms with van der Waals surface area (Å²) in [5.74, 6) is 0.0207. The van der Waals surface area contributed by atoms with Crippen LogP contribution < -0.4 is 5.73 Å². The average molecular weight is 229 g/mol. The molecule has 0 aliphatic heterocycles. The number of nitrogens with one attached hydrogen (secondary N) is 1. The molecule has 2 rings (SSSR count). The first kappa shape index (κ1) is 12.1. The lowest BCUT2D eigenvalue weighted by molar-refractivity contribution is -0.137. The molecule has 0 saturated carbocycles. The van der Waals surface area contributed by atoms with E-state index in [1.54, 1.807) is 12.4 Å². The zero-order valence-corrected chi connectivity index (χ0v) is 8.20. The molecule has 2 aromatic rings. The van der Waals surface area contributed by atoms with Crippen molar-refractivity contribution in [3.05, 3.63) is 48.4 Å². The van der Waals surface area contributed by atoms with E-state index < -0.39 is 11.7 Å². The van der Waals surface area contributed by atoms with E-state index in [0.29, 0.717) is 0 Å². The first-order valence-electron chi connectivity index (χ1n) is 4.36. The maximum atomic E-state index is 11.7. The van der Waals surface area contributed by atoms with Gasteiger partial charge in [-0.2, -0.15) is 13.2 Å². The van der Waals surface area contributed by atoms with Crippen LogP contribution in [0.1, 0.15) is 5.56 Å². The Balaban J connectivity index is 0.000000181. The molecule has 2 heterocycles. The van der Waals surface area contributed by atoms with Crippen LogP contribution in [-0.2, 0) is 6.18 Å². The van der Waals surface area contributed by atoms with Crippen LogP contribution in [0.4, 0.5) is 19.0 Å². The maximum Gasteiger partial charge on any atom is 0.417 e. The summed E-state index contributed by atoms with van der Waals surface area (Å²) >= 11 is 0. The zero-order valence-electron chi connectivity index (χ0n) is 8.20. The van der Waals surface area contributed by atoms with Crippen LogP contribution in [0, 0.1) is 0 Å². The van der Waals surface area contributed by atoms with Crippen molar-refractivity contribution in [2.75, 3.05) is 5.73 Å². The quantitative estimate of drug-likeness (QED) is 0.729. The number of halogens is 3. The van der Waals surface area contributed by atoms with Gasteiger partial charge in [0, 0.05) is 18.6 Å². The number of aromatic nitrogens is 2. The molecule has 3 N–H and O–H groups in total. The average Bonchev–Trinajstić information content (AvgIpc) is 2.68. The predicted molar refractivity (Wildman–Crippen MR) is 54.4 cm³/mol. The number of alkyl halides is 3. The zero-order chi connectivity index (χ0) is 12.0. The number of nitrogen functional groups attached to an aromatic ring is 1. The number of nitrogens with two attached hydrogens (primary N) is 1. The van der Waals surface area contributed by atoms with Crippen molar-refractivity contribution in [1.29, 1.82) is 0 Å². The molecule has 0 unspecified atom stereocenters. The van der Waals surface area contributed by atoms with Gasteiger partial charge in [0.2, 0.25) is 0 Å². The first-order valence-corrected chi connectivity index (χ1v) is 4.36. The first-order chi connectivity index (χ1) is 7.50. The molecule has 0 bridgehead atoms. The maximum absolute atomic E-state index is 11.7. The highest BCUT2D eigenvalue weighted by atomic mass is 19.4. The molecule has 0 atom stereocenters. The minimum Gasteiger partial charge on any atom is -0.385 e. The highest BCUT2D eigenvalue weighted by Gasteiger charge is 2.31. The number of nitrogens with zero attached hydrogens (tertiary/aromatic N) is 1. The van der Waals surface area contributed by atoms with Gasteiger partial charge in [-0.05, 0) is 18.2 Å². The Bertz CT molecular complexity index is 382. The Hall–Kier alpha value is -1.98. The van der Waals surface area contributed by atoms with E-state index in [1.165, 1.54) is 0 Å². The van der Waals surface area contributed by atoms with E-state index in [4.69, 9.17) is 5.73 Å². The Labute approximate surface area is 90.1 Å². The number of pyridine rings is 1. The van der Waals surface area contributed by atoms with Crippen molar-refractivity contribution in [3.8, 4) is 0 Å². The van der Waals surface area contributed by atoms with Crippen molar-refractivity contribution >= 4 is 5.82 Å². The van der Waals surface area contributed by atoms with Crippen molar-refractivity contribution in [1.82, 2.24) is 9.97 Å². The van der Waals surface area contributed by atoms with E-state index >= 15 is 0 Å². The minimum atomic E-state index is -4.30. The monoisotopic (exact) mass is 229 g/mol. The van der Waals surface area contributed by atoms with Crippen LogP contribution in [-0.4, -0.2) is 9.97 Å². The van der Waals surface area contributed by atoms with Gasteiger partial charge in [0.1, 0.15) is 5.82 Å². The Morgan fingerprint density at radius 3 is 1.94 bits per heavy atom. The number of hydrogen-bond acceptors (Lipinski definition) is 2. The van der Waals surface area contributed by atoms with Gasteiger partial charge in [0.25, 0.3) is 0 Å². The normalized spacial score (nSPS) is 10.4. The fraction of sp³-hybridized carbons (Fsp3) is 0.100. The number of hydrogen-bond donors (Lipinski definition) is 2. The van der Waals surface area contributed by atoms with Gasteiger partial charge >= 0.3 is 6.18 Å².